The summed E-state index contributed by atoms with van der Waals surface area (Å²) in [5.74, 6) is 6.09. The summed E-state index contributed by atoms with van der Waals surface area (Å²) in [7, 11) is 0. The van der Waals surface area contributed by atoms with E-state index >= 15 is 0 Å². The van der Waals surface area contributed by atoms with Crippen molar-refractivity contribution in [3.05, 3.63) is 90.5 Å². The Bertz CT molecular complexity index is 1090. The van der Waals surface area contributed by atoms with Gasteiger partial charge in [-0.3, -0.25) is 0 Å². The van der Waals surface area contributed by atoms with Gasteiger partial charge in [0.05, 0.1) is 5.56 Å². The predicted octanol–water partition coefficient (Wildman–Crippen LogP) is 3.71. The molecule has 5 nitrogen and oxygen atoms in total. The maximum atomic E-state index is 10.4. The highest BCUT2D eigenvalue weighted by Gasteiger charge is 2.18. The molecule has 4 rings (SSSR count). The summed E-state index contributed by atoms with van der Waals surface area (Å²) >= 11 is 0. The zero-order valence-electron chi connectivity index (χ0n) is 13.9. The lowest BCUT2D eigenvalue weighted by Crippen LogP contribution is -2.12. The number of nitrogens with two attached hydrogens (primary N) is 1. The third-order valence-electron chi connectivity index (χ3n) is 4.24. The second kappa shape index (κ2) is 6.64. The quantitative estimate of drug-likeness (QED) is 0.338. The van der Waals surface area contributed by atoms with Gasteiger partial charge in [0.1, 0.15) is 11.5 Å². The number of aromatic hydroxyl groups is 1. The highest BCUT2D eigenvalue weighted by atomic mass is 16.3. The summed E-state index contributed by atoms with van der Waals surface area (Å²) in [5.41, 5.74) is 2.79. The Kier molecular flexibility index (Phi) is 4.03. The summed E-state index contributed by atoms with van der Waals surface area (Å²) in [6.07, 6.45) is 3.45. The molecule has 0 amide bonds. The lowest BCUT2D eigenvalue weighted by Gasteiger charge is -2.11. The summed E-state index contributed by atoms with van der Waals surface area (Å²) in [6.45, 7) is 0. The number of nitrogens with zero attached hydrogens (tertiary/aromatic N) is 3. The van der Waals surface area contributed by atoms with Crippen molar-refractivity contribution >= 4 is 16.5 Å². The van der Waals surface area contributed by atoms with Gasteiger partial charge in [-0.2, -0.15) is 5.10 Å². The number of phenolic OH excluding ortho intramolecular Hbond substituents is 1. The molecule has 0 saturated carbocycles. The molecular formula is C21H16N4O. The Morgan fingerprint density at radius 1 is 0.808 bits per heavy atom. The number of hydrogen-bond acceptors (Lipinski definition) is 5. The Morgan fingerprint density at radius 3 is 2.23 bits per heavy atom. The van der Waals surface area contributed by atoms with E-state index in [4.69, 9.17) is 5.84 Å². The predicted molar refractivity (Wildman–Crippen MR) is 103 cm³/mol. The van der Waals surface area contributed by atoms with E-state index in [1.807, 2.05) is 60.7 Å². The van der Waals surface area contributed by atoms with Gasteiger partial charge in [-0.15, -0.1) is 0 Å². The zero-order valence-corrected chi connectivity index (χ0v) is 13.9. The molecule has 0 aliphatic carbocycles. The van der Waals surface area contributed by atoms with E-state index < -0.39 is 0 Å². The summed E-state index contributed by atoms with van der Waals surface area (Å²) < 4.78 is 0. The van der Waals surface area contributed by atoms with E-state index in [0.717, 1.165) is 21.9 Å². The van der Waals surface area contributed by atoms with Gasteiger partial charge in [-0.25, -0.2) is 9.97 Å². The van der Waals surface area contributed by atoms with Crippen LogP contribution in [0.5, 0.6) is 5.75 Å². The van der Waals surface area contributed by atoms with Crippen LogP contribution in [0.25, 0.3) is 21.9 Å². The SMILES string of the molecule is N/N=C(/c1ncc(-c2ccccc2)cn1)c1c(O)ccc2ccccc12. The molecule has 1 aromatic heterocycles. The number of aromatic nitrogens is 2. The topological polar surface area (TPSA) is 84.4 Å². The Morgan fingerprint density at radius 2 is 1.50 bits per heavy atom. The van der Waals surface area contributed by atoms with Crippen molar-refractivity contribution in [1.82, 2.24) is 9.97 Å². The van der Waals surface area contributed by atoms with Crippen LogP contribution in [-0.4, -0.2) is 20.8 Å². The van der Waals surface area contributed by atoms with Crippen LogP contribution in [0.4, 0.5) is 0 Å². The molecule has 0 atom stereocenters. The smallest absolute Gasteiger partial charge is 0.180 e. The van der Waals surface area contributed by atoms with Crippen LogP contribution in [0.3, 0.4) is 0 Å². The van der Waals surface area contributed by atoms with Crippen LogP contribution in [0, 0.1) is 0 Å². The van der Waals surface area contributed by atoms with E-state index in [1.54, 1.807) is 18.5 Å². The minimum atomic E-state index is 0.0867. The second-order valence-electron chi connectivity index (χ2n) is 5.82. The summed E-state index contributed by atoms with van der Waals surface area (Å²) in [4.78, 5) is 8.84. The zero-order chi connectivity index (χ0) is 17.9. The lowest BCUT2D eigenvalue weighted by atomic mass is 9.99. The molecule has 0 radical (unpaired) electrons. The number of hydrazone groups is 1. The third-order valence-corrected chi connectivity index (χ3v) is 4.24. The van der Waals surface area contributed by atoms with Gasteiger partial charge in [-0.05, 0) is 22.4 Å². The van der Waals surface area contributed by atoms with Crippen molar-refractivity contribution in [2.24, 2.45) is 10.9 Å². The number of benzene rings is 3. The van der Waals surface area contributed by atoms with Gasteiger partial charge in [0, 0.05) is 18.0 Å². The maximum Gasteiger partial charge on any atom is 0.180 e. The van der Waals surface area contributed by atoms with Gasteiger partial charge in [0.2, 0.25) is 0 Å². The van der Waals surface area contributed by atoms with Gasteiger partial charge in [0.15, 0.2) is 5.82 Å². The Balaban J connectivity index is 1.81. The first-order chi connectivity index (χ1) is 12.8. The summed E-state index contributed by atoms with van der Waals surface area (Å²) in [5, 5.41) is 16.1. The molecule has 0 fully saturated rings. The van der Waals surface area contributed by atoms with Crippen LogP contribution in [-0.2, 0) is 0 Å². The number of fused-ring (bicyclic) bond motifs is 1. The van der Waals surface area contributed by atoms with E-state index in [1.165, 1.54) is 0 Å². The lowest BCUT2D eigenvalue weighted by molar-refractivity contribution is 0.475. The fraction of sp³-hybridized carbons (Fsp3) is 0. The monoisotopic (exact) mass is 340 g/mol. The van der Waals surface area contributed by atoms with E-state index in [0.29, 0.717) is 17.1 Å². The molecule has 126 valence electrons. The molecule has 0 spiro atoms. The largest absolute Gasteiger partial charge is 0.507 e. The fourth-order valence-corrected chi connectivity index (χ4v) is 2.97. The van der Waals surface area contributed by atoms with Gasteiger partial charge >= 0.3 is 0 Å². The van der Waals surface area contributed by atoms with Crippen molar-refractivity contribution < 1.29 is 5.11 Å². The molecule has 3 aromatic carbocycles. The maximum absolute atomic E-state index is 10.4. The van der Waals surface area contributed by atoms with Crippen molar-refractivity contribution in [2.75, 3.05) is 0 Å². The minimum absolute atomic E-state index is 0.0867. The average Bonchev–Trinajstić information content (AvgIpc) is 2.71. The van der Waals surface area contributed by atoms with Gasteiger partial charge < -0.3 is 10.9 Å². The number of phenols is 1. The molecule has 4 aromatic rings. The first kappa shape index (κ1) is 15.8. The van der Waals surface area contributed by atoms with Crippen molar-refractivity contribution in [3.8, 4) is 16.9 Å². The molecule has 3 N–H and O–H groups in total. The first-order valence-corrected chi connectivity index (χ1v) is 8.15. The first-order valence-electron chi connectivity index (χ1n) is 8.15. The number of hydrogen-bond donors (Lipinski definition) is 2. The highest BCUT2D eigenvalue weighted by Crippen LogP contribution is 2.29. The molecule has 1 heterocycles. The van der Waals surface area contributed by atoms with Crippen molar-refractivity contribution in [3.63, 3.8) is 0 Å². The van der Waals surface area contributed by atoms with Crippen LogP contribution in [0.15, 0.2) is 84.2 Å². The van der Waals surface area contributed by atoms with Gasteiger partial charge in [-0.1, -0.05) is 60.7 Å². The summed E-state index contributed by atoms with van der Waals surface area (Å²) in [6, 6.07) is 21.1. The molecule has 0 bridgehead atoms. The fourth-order valence-electron chi connectivity index (χ4n) is 2.97. The van der Waals surface area contributed by atoms with Crippen LogP contribution < -0.4 is 5.84 Å². The third kappa shape index (κ3) is 2.75. The molecule has 26 heavy (non-hydrogen) atoms. The molecule has 5 heteroatoms. The van der Waals surface area contributed by atoms with Crippen LogP contribution in [0.1, 0.15) is 11.4 Å². The number of rotatable bonds is 3. The van der Waals surface area contributed by atoms with Gasteiger partial charge in [0.25, 0.3) is 0 Å². The normalized spacial score (nSPS) is 11.6. The highest BCUT2D eigenvalue weighted by molar-refractivity contribution is 6.19. The second-order valence-corrected chi connectivity index (χ2v) is 5.82. The average molecular weight is 340 g/mol. The van der Waals surface area contributed by atoms with E-state index in [9.17, 15) is 5.11 Å². The van der Waals surface area contributed by atoms with Crippen LogP contribution >= 0.6 is 0 Å². The molecule has 0 aliphatic heterocycles. The molecule has 0 saturated heterocycles. The van der Waals surface area contributed by atoms with Crippen molar-refractivity contribution in [2.45, 2.75) is 0 Å². The Labute approximate surface area is 150 Å². The van der Waals surface area contributed by atoms with E-state index in [-0.39, 0.29) is 5.75 Å². The Hall–Kier alpha value is -3.73. The standard InChI is InChI=1S/C21H16N4O/c22-25-20(19-17-9-5-4-8-15(17)10-11-18(19)26)21-23-12-16(13-24-21)14-6-2-1-3-7-14/h1-13,26H,22H2/b25-20+. The molecule has 0 aliphatic rings. The van der Waals surface area contributed by atoms with Crippen molar-refractivity contribution in [1.29, 1.82) is 0 Å². The molecular weight excluding hydrogens is 324 g/mol. The van der Waals surface area contributed by atoms with E-state index in [2.05, 4.69) is 15.1 Å². The van der Waals surface area contributed by atoms with Crippen LogP contribution in [0.2, 0.25) is 0 Å². The minimum Gasteiger partial charge on any atom is -0.507 e. The molecule has 0 unspecified atom stereocenters.